The number of hydrogen-bond acceptors (Lipinski definition) is 5. The summed E-state index contributed by atoms with van der Waals surface area (Å²) in [6, 6.07) is 0. The quantitative estimate of drug-likeness (QED) is 0.897. The van der Waals surface area contributed by atoms with Crippen LogP contribution in [0.1, 0.15) is 43.3 Å². The smallest absolute Gasteiger partial charge is 0.263 e. The second-order valence-electron chi connectivity index (χ2n) is 5.92. The number of amides is 1. The molecule has 2 heterocycles. The van der Waals surface area contributed by atoms with Gasteiger partial charge in [-0.15, -0.1) is 11.3 Å². The molecule has 0 aromatic carbocycles. The van der Waals surface area contributed by atoms with Crippen LogP contribution in [-0.2, 0) is 0 Å². The van der Waals surface area contributed by atoms with E-state index >= 15 is 0 Å². The number of anilines is 2. The number of piperidine rings is 1. The Hall–Kier alpha value is -1.43. The van der Waals surface area contributed by atoms with E-state index < -0.39 is 0 Å². The predicted octanol–water partition coefficient (Wildman–Crippen LogP) is 2.71. The highest BCUT2D eigenvalue weighted by molar-refractivity contribution is 7.19. The highest BCUT2D eigenvalue weighted by atomic mass is 32.1. The van der Waals surface area contributed by atoms with Gasteiger partial charge < -0.3 is 20.7 Å². The summed E-state index contributed by atoms with van der Waals surface area (Å²) in [4.78, 5) is 14.8. The molecule has 1 saturated heterocycles. The fraction of sp³-hybridized carbons (Fsp3) is 0.667. The summed E-state index contributed by atoms with van der Waals surface area (Å²) in [5.74, 6) is 1.17. The molecule has 21 heavy (non-hydrogen) atoms. The lowest BCUT2D eigenvalue weighted by Crippen LogP contribution is -2.34. The standard InChI is InChI=1S/C15H25N3O2S/c1-9(2)20-12-11(16)13(14(19)17-4)21-15(12)18-7-5-6-10(3)8-18/h9-10H,5-8,16H2,1-4H3,(H,17,19). The number of thiophene rings is 1. The molecule has 1 fully saturated rings. The molecule has 1 atom stereocenters. The van der Waals surface area contributed by atoms with Crippen molar-refractivity contribution >= 4 is 27.9 Å². The molecule has 6 heteroatoms. The number of rotatable bonds is 4. The molecule has 1 aliphatic heterocycles. The Labute approximate surface area is 130 Å². The molecule has 0 aliphatic carbocycles. The number of nitrogens with one attached hydrogen (secondary N) is 1. The Morgan fingerprint density at radius 2 is 2.24 bits per heavy atom. The number of nitrogens with two attached hydrogens (primary N) is 1. The first kappa shape index (κ1) is 15.9. The first-order valence-electron chi connectivity index (χ1n) is 7.50. The molecule has 3 N–H and O–H groups in total. The highest BCUT2D eigenvalue weighted by Gasteiger charge is 2.28. The van der Waals surface area contributed by atoms with Crippen molar-refractivity contribution in [1.29, 1.82) is 0 Å². The van der Waals surface area contributed by atoms with Crippen LogP contribution in [0.4, 0.5) is 10.7 Å². The van der Waals surface area contributed by atoms with Crippen LogP contribution in [0.5, 0.6) is 5.75 Å². The zero-order valence-corrected chi connectivity index (χ0v) is 14.0. The molecule has 0 spiro atoms. The van der Waals surface area contributed by atoms with Crippen LogP contribution in [0.15, 0.2) is 0 Å². The van der Waals surface area contributed by atoms with Crippen LogP contribution in [0, 0.1) is 5.92 Å². The zero-order valence-electron chi connectivity index (χ0n) is 13.2. The second-order valence-corrected chi connectivity index (χ2v) is 6.92. The number of carbonyl (C=O) groups excluding carboxylic acids is 1. The third kappa shape index (κ3) is 3.43. The molecule has 1 aromatic heterocycles. The summed E-state index contributed by atoms with van der Waals surface area (Å²) in [6.45, 7) is 8.18. The summed E-state index contributed by atoms with van der Waals surface area (Å²) < 4.78 is 5.90. The van der Waals surface area contributed by atoms with Crippen LogP contribution in [-0.4, -0.2) is 32.1 Å². The van der Waals surface area contributed by atoms with Crippen LogP contribution in [0.25, 0.3) is 0 Å². The van der Waals surface area contributed by atoms with Crippen molar-refractivity contribution in [3.63, 3.8) is 0 Å². The molecule has 118 valence electrons. The molecule has 1 amide bonds. The van der Waals surface area contributed by atoms with E-state index in [1.165, 1.54) is 17.8 Å². The van der Waals surface area contributed by atoms with Gasteiger partial charge in [-0.25, -0.2) is 0 Å². The number of nitrogens with zero attached hydrogens (tertiary/aromatic N) is 1. The van der Waals surface area contributed by atoms with Gasteiger partial charge in [-0.05, 0) is 32.6 Å². The van der Waals surface area contributed by atoms with Crippen molar-refractivity contribution in [2.45, 2.75) is 39.7 Å². The average molecular weight is 311 g/mol. The molecular formula is C15H25N3O2S. The SMILES string of the molecule is CNC(=O)c1sc(N2CCCC(C)C2)c(OC(C)C)c1N. The van der Waals surface area contributed by atoms with E-state index in [0.717, 1.165) is 24.5 Å². The molecular weight excluding hydrogens is 286 g/mol. The van der Waals surface area contributed by atoms with Gasteiger partial charge in [0.2, 0.25) is 0 Å². The van der Waals surface area contributed by atoms with Gasteiger partial charge in [0.25, 0.3) is 5.91 Å². The van der Waals surface area contributed by atoms with E-state index in [1.807, 2.05) is 13.8 Å². The van der Waals surface area contributed by atoms with Crippen LogP contribution in [0.3, 0.4) is 0 Å². The maximum atomic E-state index is 12.0. The summed E-state index contributed by atoms with van der Waals surface area (Å²) in [6.07, 6.45) is 2.44. The van der Waals surface area contributed by atoms with E-state index in [0.29, 0.717) is 22.2 Å². The molecule has 1 aliphatic rings. The van der Waals surface area contributed by atoms with E-state index in [9.17, 15) is 4.79 Å². The lowest BCUT2D eigenvalue weighted by Gasteiger charge is -2.32. The van der Waals surface area contributed by atoms with E-state index in [2.05, 4.69) is 17.1 Å². The Kier molecular flexibility index (Phi) is 4.98. The Morgan fingerprint density at radius 3 is 2.81 bits per heavy atom. The number of hydrogen-bond donors (Lipinski definition) is 2. The maximum absolute atomic E-state index is 12.0. The van der Waals surface area contributed by atoms with Gasteiger partial charge in [-0.1, -0.05) is 6.92 Å². The summed E-state index contributed by atoms with van der Waals surface area (Å²) in [5.41, 5.74) is 6.63. The van der Waals surface area contributed by atoms with Crippen molar-refractivity contribution in [3.05, 3.63) is 4.88 Å². The van der Waals surface area contributed by atoms with Crippen LogP contribution in [0.2, 0.25) is 0 Å². The fourth-order valence-corrected chi connectivity index (χ4v) is 3.77. The third-order valence-corrected chi connectivity index (χ3v) is 4.86. The van der Waals surface area contributed by atoms with Crippen molar-refractivity contribution in [3.8, 4) is 5.75 Å². The minimum atomic E-state index is -0.151. The topological polar surface area (TPSA) is 67.6 Å². The first-order valence-corrected chi connectivity index (χ1v) is 8.31. The summed E-state index contributed by atoms with van der Waals surface area (Å²) in [5, 5.41) is 3.64. The van der Waals surface area contributed by atoms with Gasteiger partial charge in [0.1, 0.15) is 15.6 Å². The minimum Gasteiger partial charge on any atom is -0.486 e. The lowest BCUT2D eigenvalue weighted by atomic mass is 10.0. The largest absolute Gasteiger partial charge is 0.486 e. The van der Waals surface area contributed by atoms with Crippen LogP contribution < -0.4 is 20.7 Å². The van der Waals surface area contributed by atoms with E-state index in [4.69, 9.17) is 10.5 Å². The Bertz CT molecular complexity index is 513. The Balaban J connectivity index is 2.39. The Morgan fingerprint density at radius 1 is 1.52 bits per heavy atom. The molecule has 1 aromatic rings. The number of carbonyl (C=O) groups is 1. The van der Waals surface area contributed by atoms with E-state index in [-0.39, 0.29) is 12.0 Å². The van der Waals surface area contributed by atoms with Gasteiger partial charge in [0, 0.05) is 20.1 Å². The fourth-order valence-electron chi connectivity index (χ4n) is 2.63. The van der Waals surface area contributed by atoms with Crippen molar-refractivity contribution in [2.24, 2.45) is 5.92 Å². The first-order chi connectivity index (χ1) is 9.93. The van der Waals surface area contributed by atoms with Crippen LogP contribution >= 0.6 is 11.3 Å². The minimum absolute atomic E-state index is 0.0281. The van der Waals surface area contributed by atoms with Gasteiger partial charge >= 0.3 is 0 Å². The number of nitrogen functional groups attached to an aromatic ring is 1. The van der Waals surface area contributed by atoms with Gasteiger partial charge in [-0.3, -0.25) is 4.79 Å². The lowest BCUT2D eigenvalue weighted by molar-refractivity contribution is 0.0967. The average Bonchev–Trinajstić information content (AvgIpc) is 2.75. The number of ether oxygens (including phenoxy) is 1. The zero-order chi connectivity index (χ0) is 15.6. The van der Waals surface area contributed by atoms with E-state index in [1.54, 1.807) is 7.05 Å². The molecule has 5 nitrogen and oxygen atoms in total. The van der Waals surface area contributed by atoms with Crippen molar-refractivity contribution in [2.75, 3.05) is 30.8 Å². The van der Waals surface area contributed by atoms with Gasteiger partial charge in [0.15, 0.2) is 5.75 Å². The molecule has 0 radical (unpaired) electrons. The molecule has 2 rings (SSSR count). The molecule has 1 unspecified atom stereocenters. The predicted molar refractivity (Wildman–Crippen MR) is 88.5 cm³/mol. The highest BCUT2D eigenvalue weighted by Crippen LogP contribution is 2.46. The third-order valence-electron chi connectivity index (χ3n) is 3.61. The van der Waals surface area contributed by atoms with Crippen molar-refractivity contribution in [1.82, 2.24) is 5.32 Å². The molecule has 0 saturated carbocycles. The van der Waals surface area contributed by atoms with Gasteiger partial charge in [-0.2, -0.15) is 0 Å². The monoisotopic (exact) mass is 311 g/mol. The van der Waals surface area contributed by atoms with Gasteiger partial charge in [0.05, 0.1) is 6.10 Å². The second kappa shape index (κ2) is 6.56. The van der Waals surface area contributed by atoms with Crippen molar-refractivity contribution < 1.29 is 9.53 Å². The summed E-state index contributed by atoms with van der Waals surface area (Å²) in [7, 11) is 1.62. The summed E-state index contributed by atoms with van der Waals surface area (Å²) >= 11 is 1.43. The normalized spacial score (nSPS) is 18.9. The maximum Gasteiger partial charge on any atom is 0.263 e. The molecule has 0 bridgehead atoms.